The lowest BCUT2D eigenvalue weighted by Gasteiger charge is -2.29. The Morgan fingerprint density at radius 1 is 1.20 bits per heavy atom. The normalized spacial score (nSPS) is 12.6. The smallest absolute Gasteiger partial charge is 0.412 e. The molecule has 11 heteroatoms. The molecule has 2 atom stereocenters. The lowest BCUT2D eigenvalue weighted by atomic mass is 10.1. The van der Waals surface area contributed by atoms with Crippen LogP contribution in [0.5, 0.6) is 0 Å². The molecule has 1 heterocycles. The van der Waals surface area contributed by atoms with E-state index in [4.69, 9.17) is 16.3 Å². The van der Waals surface area contributed by atoms with E-state index < -0.39 is 36.7 Å². The zero-order valence-corrected chi connectivity index (χ0v) is 19.7. The minimum absolute atomic E-state index is 0.0377. The second-order valence-electron chi connectivity index (χ2n) is 7.85. The van der Waals surface area contributed by atoms with Crippen molar-refractivity contribution in [1.82, 2.24) is 15.2 Å². The highest BCUT2D eigenvalue weighted by molar-refractivity contribution is 6.31. The molecule has 2 unspecified atom stereocenters. The summed E-state index contributed by atoms with van der Waals surface area (Å²) in [7, 11) is 1.45. The number of likely N-dealkylation sites (N-methyl/N-ethyl adjacent to an activating group) is 1. The molecular formula is C24H26ClFN4O5. The Balaban J connectivity index is 1.59. The molecular weight excluding hydrogens is 479 g/mol. The van der Waals surface area contributed by atoms with Crippen LogP contribution in [0.2, 0.25) is 5.02 Å². The van der Waals surface area contributed by atoms with E-state index in [-0.39, 0.29) is 24.6 Å². The Morgan fingerprint density at radius 3 is 2.69 bits per heavy atom. The number of urea groups is 1. The van der Waals surface area contributed by atoms with E-state index in [0.717, 1.165) is 10.8 Å². The van der Waals surface area contributed by atoms with Crippen molar-refractivity contribution in [1.29, 1.82) is 0 Å². The van der Waals surface area contributed by atoms with E-state index in [0.29, 0.717) is 11.4 Å². The number of carbonyl (C=O) groups excluding carboxylic acids is 2. The Labute approximate surface area is 206 Å². The summed E-state index contributed by atoms with van der Waals surface area (Å²) in [6, 6.07) is 12.1. The second-order valence-corrected chi connectivity index (χ2v) is 8.23. The number of hydrogen-bond donors (Lipinski definition) is 4. The van der Waals surface area contributed by atoms with Crippen molar-refractivity contribution in [2.75, 3.05) is 25.6 Å². The van der Waals surface area contributed by atoms with Gasteiger partial charge in [0.2, 0.25) is 0 Å². The third-order valence-corrected chi connectivity index (χ3v) is 5.78. The highest BCUT2D eigenvalue weighted by Gasteiger charge is 2.25. The third-order valence-electron chi connectivity index (χ3n) is 5.35. The van der Waals surface area contributed by atoms with Gasteiger partial charge < -0.3 is 25.2 Å². The molecule has 0 saturated carbocycles. The van der Waals surface area contributed by atoms with Crippen LogP contribution in [0.4, 0.5) is 19.8 Å². The first-order chi connectivity index (χ1) is 16.8. The number of aliphatic hydroxyl groups is 2. The average molecular weight is 505 g/mol. The topological polar surface area (TPSA) is 124 Å². The van der Waals surface area contributed by atoms with Gasteiger partial charge in [0, 0.05) is 25.2 Å². The number of carbonyl (C=O) groups is 2. The summed E-state index contributed by atoms with van der Waals surface area (Å²) >= 11 is 5.92. The minimum atomic E-state index is -1.14. The Bertz CT molecular complexity index is 1180. The van der Waals surface area contributed by atoms with E-state index in [1.165, 1.54) is 24.1 Å². The summed E-state index contributed by atoms with van der Waals surface area (Å²) in [4.78, 5) is 30.4. The van der Waals surface area contributed by atoms with Crippen LogP contribution in [0.15, 0.2) is 54.7 Å². The number of hydrogen-bond acceptors (Lipinski definition) is 6. The Morgan fingerprint density at radius 2 is 1.94 bits per heavy atom. The van der Waals surface area contributed by atoms with Crippen molar-refractivity contribution in [3.05, 3.63) is 71.1 Å². The van der Waals surface area contributed by atoms with Gasteiger partial charge in [-0.25, -0.2) is 19.0 Å². The molecule has 0 saturated heterocycles. The third kappa shape index (κ3) is 7.25. The van der Waals surface area contributed by atoms with E-state index in [9.17, 15) is 24.2 Å². The Kier molecular flexibility index (Phi) is 9.18. The van der Waals surface area contributed by atoms with Crippen LogP contribution in [-0.4, -0.2) is 64.6 Å². The number of fused-ring (bicyclic) bond motifs is 1. The number of nitrogens with one attached hydrogen (secondary N) is 2. The maximum absolute atomic E-state index is 13.6. The fourth-order valence-corrected chi connectivity index (χ4v) is 3.53. The lowest BCUT2D eigenvalue weighted by Crippen LogP contribution is -2.47. The van der Waals surface area contributed by atoms with Crippen LogP contribution in [0.3, 0.4) is 0 Å². The molecule has 9 nitrogen and oxygen atoms in total. The Hall–Kier alpha value is -3.47. The fraction of sp³-hybridized carbons (Fsp3) is 0.292. The first-order valence-electron chi connectivity index (χ1n) is 10.8. The van der Waals surface area contributed by atoms with Gasteiger partial charge in [-0.1, -0.05) is 48.0 Å². The van der Waals surface area contributed by atoms with Crippen molar-refractivity contribution >= 4 is 40.3 Å². The number of ether oxygens (including phenoxy) is 1. The molecule has 0 bridgehead atoms. The number of nitrogens with zero attached hydrogens (tertiary/aromatic N) is 2. The summed E-state index contributed by atoms with van der Waals surface area (Å²) in [6.45, 7) is -0.830. The van der Waals surface area contributed by atoms with Crippen molar-refractivity contribution < 1.29 is 28.9 Å². The molecule has 4 N–H and O–H groups in total. The number of aliphatic hydroxyl groups excluding tert-OH is 2. The van der Waals surface area contributed by atoms with Crippen LogP contribution < -0.4 is 10.6 Å². The van der Waals surface area contributed by atoms with Gasteiger partial charge >= 0.3 is 12.1 Å². The summed E-state index contributed by atoms with van der Waals surface area (Å²) < 4.78 is 18.9. The van der Waals surface area contributed by atoms with Gasteiger partial charge in [-0.2, -0.15) is 0 Å². The molecule has 35 heavy (non-hydrogen) atoms. The summed E-state index contributed by atoms with van der Waals surface area (Å²) in [6.07, 6.45) is -0.366. The highest BCUT2D eigenvalue weighted by Crippen LogP contribution is 2.20. The van der Waals surface area contributed by atoms with Crippen LogP contribution in [0.1, 0.15) is 12.0 Å². The lowest BCUT2D eigenvalue weighted by molar-refractivity contribution is 0.0480. The molecule has 0 aliphatic rings. The first-order valence-corrected chi connectivity index (χ1v) is 11.2. The molecule has 1 aromatic heterocycles. The SMILES string of the molecule is CN(C(=O)NCc1cccc(F)c1Cl)C(COC(=O)Nc1cc2ccccc2cn1)CC(O)CO. The predicted molar refractivity (Wildman–Crippen MR) is 130 cm³/mol. The fourth-order valence-electron chi connectivity index (χ4n) is 3.34. The van der Waals surface area contributed by atoms with Crippen LogP contribution in [-0.2, 0) is 11.3 Å². The largest absolute Gasteiger partial charge is 0.447 e. The van der Waals surface area contributed by atoms with Gasteiger partial charge in [-0.3, -0.25) is 5.32 Å². The van der Waals surface area contributed by atoms with Crippen molar-refractivity contribution in [2.24, 2.45) is 0 Å². The number of anilines is 1. The standard InChI is InChI=1S/C24H26ClFN4O5/c1-30(23(33)28-12-17-7-4-8-20(26)22(17)25)18(10-19(32)13-31)14-35-24(34)29-21-9-15-5-2-3-6-16(15)11-27-21/h2-9,11,18-19,31-32H,10,12-14H2,1H3,(H,28,33)(H,27,29,34). The zero-order chi connectivity index (χ0) is 25.4. The van der Waals surface area contributed by atoms with E-state index in [1.807, 2.05) is 24.3 Å². The molecule has 0 aliphatic carbocycles. The number of rotatable bonds is 9. The first kappa shape index (κ1) is 26.1. The van der Waals surface area contributed by atoms with Crippen molar-refractivity contribution in [2.45, 2.75) is 25.1 Å². The zero-order valence-electron chi connectivity index (χ0n) is 18.9. The van der Waals surface area contributed by atoms with Crippen LogP contribution in [0, 0.1) is 5.82 Å². The van der Waals surface area contributed by atoms with E-state index >= 15 is 0 Å². The monoisotopic (exact) mass is 504 g/mol. The molecule has 0 radical (unpaired) electrons. The highest BCUT2D eigenvalue weighted by atomic mass is 35.5. The number of amides is 3. The van der Waals surface area contributed by atoms with Crippen molar-refractivity contribution in [3.63, 3.8) is 0 Å². The van der Waals surface area contributed by atoms with Gasteiger partial charge in [-0.05, 0) is 29.5 Å². The molecule has 3 aromatic rings. The molecule has 0 aliphatic heterocycles. The van der Waals surface area contributed by atoms with Crippen LogP contribution >= 0.6 is 11.6 Å². The van der Waals surface area contributed by atoms with Gasteiger partial charge in [0.05, 0.1) is 23.8 Å². The quantitative estimate of drug-likeness (QED) is 0.353. The maximum atomic E-state index is 13.6. The number of benzene rings is 2. The molecule has 2 aromatic carbocycles. The second kappa shape index (κ2) is 12.3. The average Bonchev–Trinajstić information content (AvgIpc) is 2.86. The van der Waals surface area contributed by atoms with Gasteiger partial charge in [0.25, 0.3) is 0 Å². The van der Waals surface area contributed by atoms with Gasteiger partial charge in [0.15, 0.2) is 0 Å². The summed E-state index contributed by atoms with van der Waals surface area (Å²) in [5, 5.41) is 26.0. The van der Waals surface area contributed by atoms with Crippen LogP contribution in [0.25, 0.3) is 10.8 Å². The van der Waals surface area contributed by atoms with Gasteiger partial charge in [0.1, 0.15) is 18.2 Å². The molecule has 3 rings (SSSR count). The van der Waals surface area contributed by atoms with E-state index in [2.05, 4.69) is 15.6 Å². The molecule has 0 spiro atoms. The summed E-state index contributed by atoms with van der Waals surface area (Å²) in [5.41, 5.74) is 0.388. The number of pyridine rings is 1. The van der Waals surface area contributed by atoms with Gasteiger partial charge in [-0.15, -0.1) is 0 Å². The maximum Gasteiger partial charge on any atom is 0.412 e. The number of aromatic nitrogens is 1. The minimum Gasteiger partial charge on any atom is -0.447 e. The molecule has 0 fully saturated rings. The van der Waals surface area contributed by atoms with E-state index in [1.54, 1.807) is 18.3 Å². The molecule has 3 amide bonds. The predicted octanol–water partition coefficient (Wildman–Crippen LogP) is 3.53. The van der Waals surface area contributed by atoms with Crippen molar-refractivity contribution in [3.8, 4) is 0 Å². The summed E-state index contributed by atoms with van der Waals surface area (Å²) in [5.74, 6) is -0.310. The number of halogens is 2. The molecule has 186 valence electrons.